The molecule has 0 saturated carbocycles. The molecule has 0 bridgehead atoms. The van der Waals surface area contributed by atoms with Gasteiger partial charge in [0.15, 0.2) is 5.75 Å². The Morgan fingerprint density at radius 2 is 1.90 bits per heavy atom. The molecule has 6 nitrogen and oxygen atoms in total. The first kappa shape index (κ1) is 22.7. The molecule has 0 unspecified atom stereocenters. The average molecular weight is 449 g/mol. The zero-order chi connectivity index (χ0) is 21.9. The van der Waals surface area contributed by atoms with E-state index in [1.54, 1.807) is 12.1 Å². The molecule has 1 aliphatic rings. The van der Waals surface area contributed by atoms with Gasteiger partial charge in [0.1, 0.15) is 5.75 Å². The second kappa shape index (κ2) is 9.05. The molecular formula is C20H27F3N2O4S. The Bertz CT molecular complexity index is 964. The number of hydrogen-bond donors (Lipinski definition) is 1. The maximum Gasteiger partial charge on any atom is 0.534 e. The molecule has 2 aromatic rings. The number of H-pyrrole nitrogens is 1. The minimum Gasteiger partial charge on any atom is -0.494 e. The van der Waals surface area contributed by atoms with Crippen molar-refractivity contribution >= 4 is 21.0 Å². The number of aromatic nitrogens is 1. The highest BCUT2D eigenvalue weighted by Gasteiger charge is 2.49. The molecule has 0 aliphatic carbocycles. The third kappa shape index (κ3) is 4.85. The lowest BCUT2D eigenvalue weighted by atomic mass is 9.93. The van der Waals surface area contributed by atoms with Crippen LogP contribution >= 0.6 is 0 Å². The summed E-state index contributed by atoms with van der Waals surface area (Å²) in [4.78, 5) is 5.43. The third-order valence-corrected chi connectivity index (χ3v) is 6.31. The Balaban J connectivity index is 1.96. The van der Waals surface area contributed by atoms with E-state index < -0.39 is 15.6 Å². The largest absolute Gasteiger partial charge is 0.534 e. The summed E-state index contributed by atoms with van der Waals surface area (Å²) in [5, 5.41) is 0.287. The lowest BCUT2D eigenvalue weighted by Gasteiger charge is -2.31. The quantitative estimate of drug-likeness (QED) is 0.465. The Morgan fingerprint density at radius 1 is 1.20 bits per heavy atom. The average Bonchev–Trinajstić information content (AvgIpc) is 3.03. The van der Waals surface area contributed by atoms with Crippen LogP contribution in [0.15, 0.2) is 18.2 Å². The fraction of sp³-hybridized carbons (Fsp3) is 0.600. The van der Waals surface area contributed by atoms with Crippen LogP contribution in [-0.2, 0) is 10.1 Å². The molecule has 1 aliphatic heterocycles. The molecule has 168 valence electrons. The summed E-state index contributed by atoms with van der Waals surface area (Å²) in [6.45, 7) is 6.96. The van der Waals surface area contributed by atoms with Gasteiger partial charge in [-0.05, 0) is 58.0 Å². The van der Waals surface area contributed by atoms with Crippen LogP contribution in [0, 0.1) is 0 Å². The molecule has 3 rings (SSSR count). The molecular weight excluding hydrogens is 421 g/mol. The van der Waals surface area contributed by atoms with Gasteiger partial charge < -0.3 is 18.8 Å². The number of nitrogens with one attached hydrogen (secondary N) is 1. The fourth-order valence-electron chi connectivity index (χ4n) is 3.79. The SMILES string of the molecule is CCCCN1CCC(c2[nH]c3cc(OCC)ccc3c2OS(=O)(=O)C(F)(F)F)CC1. The van der Waals surface area contributed by atoms with Crippen molar-refractivity contribution in [3.05, 3.63) is 23.9 Å². The van der Waals surface area contributed by atoms with E-state index >= 15 is 0 Å². The van der Waals surface area contributed by atoms with Gasteiger partial charge in [-0.15, -0.1) is 0 Å². The van der Waals surface area contributed by atoms with Gasteiger partial charge in [0, 0.05) is 17.4 Å². The molecule has 1 N–H and O–H groups in total. The predicted octanol–water partition coefficient (Wildman–Crippen LogP) is 4.77. The van der Waals surface area contributed by atoms with E-state index in [4.69, 9.17) is 4.74 Å². The van der Waals surface area contributed by atoms with E-state index in [1.165, 1.54) is 6.07 Å². The van der Waals surface area contributed by atoms with Gasteiger partial charge in [-0.3, -0.25) is 0 Å². The number of alkyl halides is 3. The number of unbranched alkanes of at least 4 members (excludes halogenated alkanes) is 1. The normalized spacial score (nSPS) is 16.8. The number of fused-ring (bicyclic) bond motifs is 1. The van der Waals surface area contributed by atoms with Crippen molar-refractivity contribution in [2.24, 2.45) is 0 Å². The van der Waals surface area contributed by atoms with Crippen LogP contribution in [0.2, 0.25) is 0 Å². The molecule has 0 radical (unpaired) electrons. The molecule has 1 aromatic heterocycles. The first-order valence-corrected chi connectivity index (χ1v) is 11.6. The molecule has 0 amide bonds. The van der Waals surface area contributed by atoms with Gasteiger partial charge in [0.2, 0.25) is 0 Å². The van der Waals surface area contributed by atoms with E-state index in [2.05, 4.69) is 21.0 Å². The summed E-state index contributed by atoms with van der Waals surface area (Å²) < 4.78 is 72.5. The number of aromatic amines is 1. The molecule has 10 heteroatoms. The number of benzene rings is 1. The lowest BCUT2D eigenvalue weighted by Crippen LogP contribution is -2.34. The van der Waals surface area contributed by atoms with Crippen molar-refractivity contribution in [2.75, 3.05) is 26.2 Å². The number of hydrogen-bond acceptors (Lipinski definition) is 5. The highest BCUT2D eigenvalue weighted by molar-refractivity contribution is 7.88. The summed E-state index contributed by atoms with van der Waals surface area (Å²) in [6.07, 6.45) is 3.60. The molecule has 30 heavy (non-hydrogen) atoms. The van der Waals surface area contributed by atoms with Gasteiger partial charge >= 0.3 is 15.6 Å². The molecule has 1 fully saturated rings. The number of halogens is 3. The van der Waals surface area contributed by atoms with Crippen molar-refractivity contribution in [1.82, 2.24) is 9.88 Å². The van der Waals surface area contributed by atoms with E-state index in [0.29, 0.717) is 36.4 Å². The fourth-order valence-corrected chi connectivity index (χ4v) is 4.28. The highest BCUT2D eigenvalue weighted by atomic mass is 32.2. The van der Waals surface area contributed by atoms with Crippen molar-refractivity contribution in [3.63, 3.8) is 0 Å². The van der Waals surface area contributed by atoms with E-state index in [1.807, 2.05) is 6.92 Å². The topological polar surface area (TPSA) is 71.6 Å². The number of ether oxygens (including phenoxy) is 1. The zero-order valence-electron chi connectivity index (χ0n) is 17.1. The van der Waals surface area contributed by atoms with Crippen LogP contribution in [0.1, 0.15) is 51.1 Å². The summed E-state index contributed by atoms with van der Waals surface area (Å²) in [6, 6.07) is 4.76. The second-order valence-corrected chi connectivity index (χ2v) is 9.00. The summed E-state index contributed by atoms with van der Waals surface area (Å²) in [5.74, 6) is 0.152. The minimum atomic E-state index is -5.78. The van der Waals surface area contributed by atoms with Crippen molar-refractivity contribution < 1.29 is 30.5 Å². The van der Waals surface area contributed by atoms with E-state index in [0.717, 1.165) is 32.5 Å². The summed E-state index contributed by atoms with van der Waals surface area (Å²) in [5.41, 5.74) is -4.62. The first-order chi connectivity index (χ1) is 14.2. The molecule has 1 aromatic carbocycles. The van der Waals surface area contributed by atoms with E-state index in [-0.39, 0.29) is 17.1 Å². The molecule has 2 heterocycles. The summed E-state index contributed by atoms with van der Waals surface area (Å²) in [7, 11) is -5.78. The van der Waals surface area contributed by atoms with Gasteiger partial charge in [0.05, 0.1) is 17.8 Å². The van der Waals surface area contributed by atoms with Crippen LogP contribution in [0.3, 0.4) is 0 Å². The highest BCUT2D eigenvalue weighted by Crippen LogP contribution is 2.42. The molecule has 1 saturated heterocycles. The van der Waals surface area contributed by atoms with Crippen LogP contribution in [-0.4, -0.2) is 50.1 Å². The number of nitrogens with zero attached hydrogens (tertiary/aromatic N) is 1. The van der Waals surface area contributed by atoms with Crippen LogP contribution in [0.5, 0.6) is 11.5 Å². The smallest absolute Gasteiger partial charge is 0.494 e. The lowest BCUT2D eigenvalue weighted by molar-refractivity contribution is -0.0499. The Hall–Kier alpha value is -1.94. The Labute approximate surface area is 174 Å². The monoisotopic (exact) mass is 448 g/mol. The third-order valence-electron chi connectivity index (χ3n) is 5.36. The number of likely N-dealkylation sites (tertiary alicyclic amines) is 1. The Morgan fingerprint density at radius 3 is 2.50 bits per heavy atom. The van der Waals surface area contributed by atoms with Gasteiger partial charge in [0.25, 0.3) is 0 Å². The van der Waals surface area contributed by atoms with Crippen LogP contribution in [0.25, 0.3) is 10.9 Å². The minimum absolute atomic E-state index is 0.121. The Kier molecular flexibility index (Phi) is 6.86. The standard InChI is InChI=1S/C20H27F3N2O4S/c1-3-5-10-25-11-8-14(9-12-25)18-19(29-30(26,27)20(21,22)23)16-7-6-15(28-4-2)13-17(16)24-18/h6-7,13-14,24H,3-5,8-12H2,1-2H3. The van der Waals surface area contributed by atoms with Crippen molar-refractivity contribution in [1.29, 1.82) is 0 Å². The molecule has 0 spiro atoms. The van der Waals surface area contributed by atoms with E-state index in [9.17, 15) is 21.6 Å². The van der Waals surface area contributed by atoms with Crippen molar-refractivity contribution in [3.8, 4) is 11.5 Å². The zero-order valence-corrected chi connectivity index (χ0v) is 17.9. The number of rotatable bonds is 8. The summed E-state index contributed by atoms with van der Waals surface area (Å²) >= 11 is 0. The maximum atomic E-state index is 13.0. The maximum absolute atomic E-state index is 13.0. The first-order valence-electron chi connectivity index (χ1n) is 10.2. The van der Waals surface area contributed by atoms with Crippen molar-refractivity contribution in [2.45, 2.75) is 51.0 Å². The van der Waals surface area contributed by atoms with Crippen LogP contribution in [0.4, 0.5) is 13.2 Å². The van der Waals surface area contributed by atoms with Gasteiger partial charge in [-0.2, -0.15) is 21.6 Å². The second-order valence-electron chi connectivity index (χ2n) is 7.46. The van der Waals surface area contributed by atoms with Gasteiger partial charge in [-0.25, -0.2) is 0 Å². The van der Waals surface area contributed by atoms with Crippen LogP contribution < -0.4 is 8.92 Å². The molecule has 0 atom stereocenters. The predicted molar refractivity (Wildman–Crippen MR) is 108 cm³/mol. The number of piperidine rings is 1. The van der Waals surface area contributed by atoms with Gasteiger partial charge in [-0.1, -0.05) is 13.3 Å².